The number of hydrogen-bond donors (Lipinski definition) is 2. The SMILES string of the molecule is C[C@H](NC(=O)OCc1ccccc1)[C@H](Nc1nc(Cl)c(C#N)cc1F)C1CCCCC1. The number of anilines is 1. The summed E-state index contributed by atoms with van der Waals surface area (Å²) in [5.41, 5.74) is 0.875. The number of carbonyl (C=O) groups is 1. The number of nitrogens with zero attached hydrogens (tertiary/aromatic N) is 2. The molecule has 0 spiro atoms. The molecule has 1 saturated carbocycles. The summed E-state index contributed by atoms with van der Waals surface area (Å²) in [4.78, 5) is 16.4. The molecule has 8 heteroatoms. The highest BCUT2D eigenvalue weighted by molar-refractivity contribution is 6.30. The normalized spacial score (nSPS) is 16.1. The third-order valence-corrected chi connectivity index (χ3v) is 5.90. The number of nitriles is 1. The van der Waals surface area contributed by atoms with E-state index in [4.69, 9.17) is 21.6 Å². The van der Waals surface area contributed by atoms with Gasteiger partial charge in [0.25, 0.3) is 0 Å². The van der Waals surface area contributed by atoms with E-state index >= 15 is 0 Å². The van der Waals surface area contributed by atoms with Crippen LogP contribution in [-0.4, -0.2) is 23.2 Å². The van der Waals surface area contributed by atoms with E-state index in [2.05, 4.69) is 15.6 Å². The van der Waals surface area contributed by atoms with Gasteiger partial charge < -0.3 is 15.4 Å². The predicted molar refractivity (Wildman–Crippen MR) is 117 cm³/mol. The lowest BCUT2D eigenvalue weighted by molar-refractivity contribution is 0.133. The summed E-state index contributed by atoms with van der Waals surface area (Å²) in [6.07, 6.45) is 4.73. The monoisotopic (exact) mass is 444 g/mol. The highest BCUT2D eigenvalue weighted by atomic mass is 35.5. The topological polar surface area (TPSA) is 87.0 Å². The van der Waals surface area contributed by atoms with Crippen molar-refractivity contribution >= 4 is 23.5 Å². The molecule has 2 aromatic rings. The molecule has 3 rings (SSSR count). The summed E-state index contributed by atoms with van der Waals surface area (Å²) >= 11 is 6.00. The molecule has 0 unspecified atom stereocenters. The van der Waals surface area contributed by atoms with E-state index in [-0.39, 0.29) is 41.1 Å². The first-order chi connectivity index (χ1) is 15.0. The summed E-state index contributed by atoms with van der Waals surface area (Å²) in [7, 11) is 0. The van der Waals surface area contributed by atoms with Crippen LogP contribution in [0, 0.1) is 23.1 Å². The fraction of sp³-hybridized carbons (Fsp3) is 0.435. The molecule has 2 atom stereocenters. The Kier molecular flexibility index (Phi) is 8.07. The summed E-state index contributed by atoms with van der Waals surface area (Å²) in [5, 5.41) is 15.0. The van der Waals surface area contributed by atoms with Gasteiger partial charge in [-0.05, 0) is 37.3 Å². The van der Waals surface area contributed by atoms with Crippen LogP contribution in [0.5, 0.6) is 0 Å². The maximum absolute atomic E-state index is 14.5. The van der Waals surface area contributed by atoms with Crippen molar-refractivity contribution in [2.24, 2.45) is 5.92 Å². The van der Waals surface area contributed by atoms with Crippen molar-refractivity contribution in [3.63, 3.8) is 0 Å². The molecule has 1 fully saturated rings. The van der Waals surface area contributed by atoms with Crippen molar-refractivity contribution < 1.29 is 13.9 Å². The Hall–Kier alpha value is -2.85. The zero-order valence-electron chi connectivity index (χ0n) is 17.4. The molecule has 1 amide bonds. The molecular formula is C23H26ClFN4O2. The lowest BCUT2D eigenvalue weighted by Gasteiger charge is -2.35. The van der Waals surface area contributed by atoms with Gasteiger partial charge in [-0.1, -0.05) is 61.2 Å². The zero-order chi connectivity index (χ0) is 22.2. The summed E-state index contributed by atoms with van der Waals surface area (Å²) in [6, 6.07) is 11.7. The number of halogens is 2. The molecule has 0 saturated heterocycles. The minimum atomic E-state index is -0.652. The zero-order valence-corrected chi connectivity index (χ0v) is 18.2. The summed E-state index contributed by atoms with van der Waals surface area (Å²) in [6.45, 7) is 2.03. The van der Waals surface area contributed by atoms with E-state index in [1.165, 1.54) is 6.42 Å². The number of alkyl carbamates (subject to hydrolysis) is 1. The Morgan fingerprint density at radius 3 is 2.71 bits per heavy atom. The third-order valence-electron chi connectivity index (χ3n) is 5.61. The van der Waals surface area contributed by atoms with Crippen LogP contribution in [0.1, 0.15) is 50.2 Å². The van der Waals surface area contributed by atoms with Crippen molar-refractivity contribution in [2.45, 2.75) is 57.7 Å². The van der Waals surface area contributed by atoms with E-state index < -0.39 is 11.9 Å². The second-order valence-corrected chi connectivity index (χ2v) is 8.19. The molecule has 0 aliphatic heterocycles. The first-order valence-electron chi connectivity index (χ1n) is 10.5. The molecule has 0 radical (unpaired) electrons. The summed E-state index contributed by atoms with van der Waals surface area (Å²) < 4.78 is 19.9. The Labute approximate surface area is 186 Å². The van der Waals surface area contributed by atoms with Gasteiger partial charge in [-0.15, -0.1) is 0 Å². The van der Waals surface area contributed by atoms with Crippen LogP contribution in [0.25, 0.3) is 0 Å². The Balaban J connectivity index is 1.70. The first-order valence-corrected chi connectivity index (χ1v) is 10.9. The number of benzene rings is 1. The molecular weight excluding hydrogens is 419 g/mol. The number of pyridine rings is 1. The summed E-state index contributed by atoms with van der Waals surface area (Å²) in [5.74, 6) is -0.444. The van der Waals surface area contributed by atoms with E-state index in [9.17, 15) is 9.18 Å². The van der Waals surface area contributed by atoms with Gasteiger partial charge >= 0.3 is 6.09 Å². The largest absolute Gasteiger partial charge is 0.445 e. The van der Waals surface area contributed by atoms with Gasteiger partial charge in [0.2, 0.25) is 0 Å². The molecule has 2 N–H and O–H groups in total. The van der Waals surface area contributed by atoms with E-state index in [1.807, 2.05) is 43.3 Å². The lowest BCUT2D eigenvalue weighted by atomic mass is 9.81. The minimum Gasteiger partial charge on any atom is -0.445 e. The Morgan fingerprint density at radius 2 is 2.03 bits per heavy atom. The van der Waals surface area contributed by atoms with Crippen molar-refractivity contribution in [3.8, 4) is 6.07 Å². The number of aromatic nitrogens is 1. The second-order valence-electron chi connectivity index (χ2n) is 7.83. The molecule has 1 aliphatic carbocycles. The maximum Gasteiger partial charge on any atom is 0.407 e. The average Bonchev–Trinajstić information content (AvgIpc) is 2.79. The van der Waals surface area contributed by atoms with Crippen LogP contribution >= 0.6 is 11.6 Å². The van der Waals surface area contributed by atoms with Crippen LogP contribution < -0.4 is 10.6 Å². The Morgan fingerprint density at radius 1 is 1.32 bits per heavy atom. The molecule has 0 bridgehead atoms. The molecule has 31 heavy (non-hydrogen) atoms. The first kappa shape index (κ1) is 22.8. The van der Waals surface area contributed by atoms with Crippen molar-refractivity contribution in [2.75, 3.05) is 5.32 Å². The van der Waals surface area contributed by atoms with Crippen molar-refractivity contribution in [3.05, 3.63) is 58.5 Å². The second kappa shape index (κ2) is 11.0. The molecule has 6 nitrogen and oxygen atoms in total. The van der Waals surface area contributed by atoms with Crippen LogP contribution in [-0.2, 0) is 11.3 Å². The van der Waals surface area contributed by atoms with Crippen molar-refractivity contribution in [1.29, 1.82) is 5.26 Å². The van der Waals surface area contributed by atoms with E-state index in [0.717, 1.165) is 37.3 Å². The van der Waals surface area contributed by atoms with Crippen molar-refractivity contribution in [1.82, 2.24) is 10.3 Å². The quantitative estimate of drug-likeness (QED) is 0.556. The predicted octanol–water partition coefficient (Wildman–Crippen LogP) is 5.42. The number of rotatable bonds is 7. The van der Waals surface area contributed by atoms with Gasteiger partial charge in [0.15, 0.2) is 11.6 Å². The standard InChI is InChI=1S/C23H26ClFN4O2/c1-15(27-23(30)31-14-16-8-4-2-5-9-16)20(17-10-6-3-7-11-17)28-22-19(25)12-18(13-26)21(24)29-22/h2,4-5,8-9,12,15,17,20H,3,6-7,10-11,14H2,1H3,(H,27,30)(H,28,29)/t15-,20-/m0/s1. The smallest absolute Gasteiger partial charge is 0.407 e. The number of amides is 1. The highest BCUT2D eigenvalue weighted by Gasteiger charge is 2.30. The van der Waals surface area contributed by atoms with Gasteiger partial charge in [0.05, 0.1) is 11.6 Å². The fourth-order valence-corrected chi connectivity index (χ4v) is 4.17. The number of ether oxygens (including phenoxy) is 1. The van der Waals surface area contributed by atoms with Gasteiger partial charge in [-0.3, -0.25) is 0 Å². The van der Waals surface area contributed by atoms with Gasteiger partial charge in [0, 0.05) is 6.04 Å². The number of nitrogens with one attached hydrogen (secondary N) is 2. The lowest BCUT2D eigenvalue weighted by Crippen LogP contribution is -2.49. The van der Waals surface area contributed by atoms with E-state index in [1.54, 1.807) is 0 Å². The molecule has 1 heterocycles. The van der Waals surface area contributed by atoms with Gasteiger partial charge in [-0.2, -0.15) is 5.26 Å². The van der Waals surface area contributed by atoms with Crippen LogP contribution in [0.4, 0.5) is 15.0 Å². The van der Waals surface area contributed by atoms with Gasteiger partial charge in [0.1, 0.15) is 17.8 Å². The van der Waals surface area contributed by atoms with E-state index in [0.29, 0.717) is 0 Å². The average molecular weight is 445 g/mol. The molecule has 1 aliphatic rings. The highest BCUT2D eigenvalue weighted by Crippen LogP contribution is 2.30. The number of carbonyl (C=O) groups excluding carboxylic acids is 1. The Bertz CT molecular complexity index is 929. The molecule has 164 valence electrons. The van der Waals surface area contributed by atoms with Gasteiger partial charge in [-0.25, -0.2) is 14.2 Å². The molecule has 1 aromatic carbocycles. The third kappa shape index (κ3) is 6.31. The van der Waals surface area contributed by atoms with Crippen LogP contribution in [0.2, 0.25) is 5.15 Å². The molecule has 1 aromatic heterocycles. The fourth-order valence-electron chi connectivity index (χ4n) is 3.99. The van der Waals surface area contributed by atoms with Crippen LogP contribution in [0.15, 0.2) is 36.4 Å². The number of hydrogen-bond acceptors (Lipinski definition) is 5. The minimum absolute atomic E-state index is 0.0189. The maximum atomic E-state index is 14.5. The van der Waals surface area contributed by atoms with Crippen LogP contribution in [0.3, 0.4) is 0 Å².